The van der Waals surface area contributed by atoms with Crippen LogP contribution in [0.2, 0.25) is 0 Å². The minimum atomic E-state index is -0.528. The van der Waals surface area contributed by atoms with Gasteiger partial charge in [0.05, 0.1) is 30.6 Å². The molecule has 2 aromatic rings. The predicted octanol–water partition coefficient (Wildman–Crippen LogP) is 2.17. The molecule has 0 N–H and O–H groups in total. The van der Waals surface area contributed by atoms with E-state index in [9.17, 15) is 9.18 Å². The maximum atomic E-state index is 12.8. The topological polar surface area (TPSA) is 79.1 Å². The molecular weight excluding hydrogens is 311 g/mol. The van der Waals surface area contributed by atoms with Gasteiger partial charge in [0.15, 0.2) is 5.82 Å². The molecule has 1 aromatic carbocycles. The second-order valence-corrected chi connectivity index (χ2v) is 5.51. The van der Waals surface area contributed by atoms with Crippen molar-refractivity contribution in [1.82, 2.24) is 14.9 Å². The SMILES string of the molecule is N#Cc1cccc(C(=O)N2CCCC(Oc3ncc(F)cn3)C2)c1. The molecule has 122 valence electrons. The Morgan fingerprint density at radius 3 is 2.92 bits per heavy atom. The molecule has 0 spiro atoms. The quantitative estimate of drug-likeness (QED) is 0.863. The van der Waals surface area contributed by atoms with Crippen LogP contribution in [0.25, 0.3) is 0 Å². The second kappa shape index (κ2) is 7.04. The van der Waals surface area contributed by atoms with E-state index in [-0.39, 0.29) is 18.0 Å². The molecule has 7 heteroatoms. The van der Waals surface area contributed by atoms with E-state index < -0.39 is 5.82 Å². The summed E-state index contributed by atoms with van der Waals surface area (Å²) in [5.74, 6) is -0.666. The summed E-state index contributed by atoms with van der Waals surface area (Å²) in [6, 6.07) is 8.75. The largest absolute Gasteiger partial charge is 0.458 e. The first-order valence-electron chi connectivity index (χ1n) is 7.59. The Morgan fingerprint density at radius 2 is 2.17 bits per heavy atom. The van der Waals surface area contributed by atoms with Gasteiger partial charge in [-0.05, 0) is 31.0 Å². The Labute approximate surface area is 138 Å². The van der Waals surface area contributed by atoms with Gasteiger partial charge in [-0.1, -0.05) is 6.07 Å². The molecule has 0 saturated carbocycles. The van der Waals surface area contributed by atoms with Crippen LogP contribution in [0, 0.1) is 17.1 Å². The van der Waals surface area contributed by atoms with Gasteiger partial charge in [-0.25, -0.2) is 14.4 Å². The highest BCUT2D eigenvalue weighted by Gasteiger charge is 2.26. The average Bonchev–Trinajstić information content (AvgIpc) is 2.63. The van der Waals surface area contributed by atoms with Crippen molar-refractivity contribution in [2.45, 2.75) is 18.9 Å². The van der Waals surface area contributed by atoms with Crippen LogP contribution in [0.3, 0.4) is 0 Å². The molecule has 24 heavy (non-hydrogen) atoms. The molecule has 1 amide bonds. The van der Waals surface area contributed by atoms with E-state index in [2.05, 4.69) is 9.97 Å². The molecule has 1 unspecified atom stereocenters. The van der Waals surface area contributed by atoms with Gasteiger partial charge in [0.25, 0.3) is 5.91 Å². The smallest absolute Gasteiger partial charge is 0.316 e. The lowest BCUT2D eigenvalue weighted by atomic mass is 10.1. The number of hydrogen-bond acceptors (Lipinski definition) is 5. The third-order valence-corrected chi connectivity index (χ3v) is 3.77. The summed E-state index contributed by atoms with van der Waals surface area (Å²) >= 11 is 0. The first-order valence-corrected chi connectivity index (χ1v) is 7.59. The number of aromatic nitrogens is 2. The summed E-state index contributed by atoms with van der Waals surface area (Å²) in [4.78, 5) is 21.8. The van der Waals surface area contributed by atoms with E-state index in [1.54, 1.807) is 29.2 Å². The van der Waals surface area contributed by atoms with Crippen molar-refractivity contribution in [3.05, 3.63) is 53.6 Å². The van der Waals surface area contributed by atoms with Crippen molar-refractivity contribution in [3.8, 4) is 12.1 Å². The van der Waals surface area contributed by atoms with E-state index in [0.29, 0.717) is 24.2 Å². The number of likely N-dealkylation sites (tertiary alicyclic amines) is 1. The number of ether oxygens (including phenoxy) is 1. The lowest BCUT2D eigenvalue weighted by molar-refractivity contribution is 0.0515. The van der Waals surface area contributed by atoms with Crippen LogP contribution in [0.15, 0.2) is 36.7 Å². The summed E-state index contributed by atoms with van der Waals surface area (Å²) in [6.07, 6.45) is 3.40. The van der Waals surface area contributed by atoms with Gasteiger partial charge < -0.3 is 9.64 Å². The Kier molecular flexibility index (Phi) is 4.66. The van der Waals surface area contributed by atoms with Crippen molar-refractivity contribution in [2.24, 2.45) is 0 Å². The summed E-state index contributed by atoms with van der Waals surface area (Å²) in [5.41, 5.74) is 0.929. The summed E-state index contributed by atoms with van der Waals surface area (Å²) in [6.45, 7) is 1.02. The van der Waals surface area contributed by atoms with Gasteiger partial charge in [0.2, 0.25) is 0 Å². The zero-order valence-corrected chi connectivity index (χ0v) is 12.9. The number of carbonyl (C=O) groups is 1. The fourth-order valence-electron chi connectivity index (χ4n) is 2.63. The van der Waals surface area contributed by atoms with Crippen molar-refractivity contribution in [3.63, 3.8) is 0 Å². The number of hydrogen-bond donors (Lipinski definition) is 0. The zero-order valence-electron chi connectivity index (χ0n) is 12.9. The highest BCUT2D eigenvalue weighted by molar-refractivity contribution is 5.94. The lowest BCUT2D eigenvalue weighted by Gasteiger charge is -2.32. The highest BCUT2D eigenvalue weighted by Crippen LogP contribution is 2.18. The monoisotopic (exact) mass is 326 g/mol. The van der Waals surface area contributed by atoms with Gasteiger partial charge in [-0.2, -0.15) is 5.26 Å². The summed E-state index contributed by atoms with van der Waals surface area (Å²) < 4.78 is 18.5. The van der Waals surface area contributed by atoms with Gasteiger partial charge >= 0.3 is 6.01 Å². The normalized spacial score (nSPS) is 17.2. The molecule has 0 aliphatic carbocycles. The van der Waals surface area contributed by atoms with Gasteiger partial charge in [-0.3, -0.25) is 4.79 Å². The van der Waals surface area contributed by atoms with Crippen LogP contribution in [0.5, 0.6) is 6.01 Å². The van der Waals surface area contributed by atoms with E-state index in [4.69, 9.17) is 10.00 Å². The minimum Gasteiger partial charge on any atom is -0.458 e. The Morgan fingerprint density at radius 1 is 1.38 bits per heavy atom. The fourth-order valence-corrected chi connectivity index (χ4v) is 2.63. The third-order valence-electron chi connectivity index (χ3n) is 3.77. The van der Waals surface area contributed by atoms with Crippen LogP contribution in [0.1, 0.15) is 28.8 Å². The molecule has 1 aliphatic heterocycles. The number of benzene rings is 1. The molecule has 1 aliphatic rings. The molecular formula is C17H15FN4O2. The van der Waals surface area contributed by atoms with Crippen LogP contribution >= 0.6 is 0 Å². The summed E-state index contributed by atoms with van der Waals surface area (Å²) in [5, 5.41) is 8.94. The van der Waals surface area contributed by atoms with E-state index in [0.717, 1.165) is 25.2 Å². The van der Waals surface area contributed by atoms with Crippen LogP contribution in [-0.2, 0) is 0 Å². The maximum Gasteiger partial charge on any atom is 0.316 e. The predicted molar refractivity (Wildman–Crippen MR) is 82.7 cm³/mol. The number of rotatable bonds is 3. The Balaban J connectivity index is 1.67. The number of amides is 1. The average molecular weight is 326 g/mol. The molecule has 6 nitrogen and oxygen atoms in total. The highest BCUT2D eigenvalue weighted by atomic mass is 19.1. The van der Waals surface area contributed by atoms with E-state index >= 15 is 0 Å². The lowest BCUT2D eigenvalue weighted by Crippen LogP contribution is -2.44. The minimum absolute atomic E-state index is 0.0992. The molecule has 0 radical (unpaired) electrons. The van der Waals surface area contributed by atoms with Crippen molar-refractivity contribution < 1.29 is 13.9 Å². The van der Waals surface area contributed by atoms with E-state index in [1.807, 2.05) is 6.07 Å². The third kappa shape index (κ3) is 3.66. The van der Waals surface area contributed by atoms with Crippen molar-refractivity contribution in [2.75, 3.05) is 13.1 Å². The van der Waals surface area contributed by atoms with Crippen LogP contribution in [0.4, 0.5) is 4.39 Å². The first kappa shape index (κ1) is 15.9. The molecule has 1 atom stereocenters. The Hall–Kier alpha value is -3.01. The second-order valence-electron chi connectivity index (χ2n) is 5.51. The first-order chi connectivity index (χ1) is 11.7. The van der Waals surface area contributed by atoms with Gasteiger partial charge in [-0.15, -0.1) is 0 Å². The van der Waals surface area contributed by atoms with Gasteiger partial charge in [0.1, 0.15) is 6.10 Å². The standard InChI is InChI=1S/C17H15FN4O2/c18-14-9-20-17(21-10-14)24-15-5-2-6-22(11-15)16(23)13-4-1-3-12(7-13)8-19/h1,3-4,7,9-10,15H,2,5-6,11H2. The van der Waals surface area contributed by atoms with Gasteiger partial charge in [0, 0.05) is 12.1 Å². The Bertz CT molecular complexity index is 773. The van der Waals surface area contributed by atoms with E-state index in [1.165, 1.54) is 0 Å². The number of halogens is 1. The summed E-state index contributed by atoms with van der Waals surface area (Å²) in [7, 11) is 0. The number of nitrogens with zero attached hydrogens (tertiary/aromatic N) is 4. The number of carbonyl (C=O) groups excluding carboxylic acids is 1. The number of piperidine rings is 1. The van der Waals surface area contributed by atoms with Crippen molar-refractivity contribution >= 4 is 5.91 Å². The maximum absolute atomic E-state index is 12.8. The molecule has 1 fully saturated rings. The van der Waals surface area contributed by atoms with Crippen LogP contribution < -0.4 is 4.74 Å². The zero-order chi connectivity index (χ0) is 16.9. The molecule has 1 saturated heterocycles. The molecule has 1 aromatic heterocycles. The number of nitriles is 1. The van der Waals surface area contributed by atoms with Crippen LogP contribution in [-0.4, -0.2) is 40.0 Å². The molecule has 0 bridgehead atoms. The fraction of sp³-hybridized carbons (Fsp3) is 0.294. The molecule has 2 heterocycles. The van der Waals surface area contributed by atoms with Crippen molar-refractivity contribution in [1.29, 1.82) is 5.26 Å². The molecule has 3 rings (SSSR count).